The van der Waals surface area contributed by atoms with E-state index in [4.69, 9.17) is 5.73 Å². The fourth-order valence-electron chi connectivity index (χ4n) is 4.56. The molecule has 2 aliphatic heterocycles. The predicted octanol–water partition coefficient (Wildman–Crippen LogP) is 1.67. The van der Waals surface area contributed by atoms with E-state index in [0.29, 0.717) is 32.0 Å². The van der Waals surface area contributed by atoms with E-state index in [2.05, 4.69) is 38.2 Å². The average molecular weight is 386 g/mol. The van der Waals surface area contributed by atoms with E-state index < -0.39 is 6.03 Å². The zero-order valence-corrected chi connectivity index (χ0v) is 16.9. The highest BCUT2D eigenvalue weighted by atomic mass is 16.2. The first kappa shape index (κ1) is 20.2. The fraction of sp³-hybridized carbons (Fsp3) is 0.571. The monoisotopic (exact) mass is 386 g/mol. The zero-order valence-electron chi connectivity index (χ0n) is 16.9. The van der Waals surface area contributed by atoms with Crippen LogP contribution in [0.3, 0.4) is 0 Å². The third kappa shape index (κ3) is 4.13. The van der Waals surface area contributed by atoms with Crippen molar-refractivity contribution in [3.8, 4) is 0 Å². The van der Waals surface area contributed by atoms with Crippen molar-refractivity contribution in [3.63, 3.8) is 0 Å². The average Bonchev–Trinajstić information content (AvgIpc) is 3.17. The molecular formula is C21H30N4O3. The molecule has 0 aromatic heterocycles. The maximum Gasteiger partial charge on any atom is 0.312 e. The molecule has 1 aromatic carbocycles. The van der Waals surface area contributed by atoms with Crippen LogP contribution in [-0.2, 0) is 9.59 Å². The molecule has 2 saturated heterocycles. The van der Waals surface area contributed by atoms with Gasteiger partial charge in [-0.25, -0.2) is 4.79 Å². The molecule has 7 nitrogen and oxygen atoms in total. The highest BCUT2D eigenvalue weighted by Gasteiger charge is 2.50. The number of nitrogens with zero attached hydrogens (tertiary/aromatic N) is 2. The maximum absolute atomic E-state index is 13.0. The first-order valence-corrected chi connectivity index (χ1v) is 9.94. The molecule has 28 heavy (non-hydrogen) atoms. The molecule has 3 atom stereocenters. The van der Waals surface area contributed by atoms with Crippen LogP contribution in [0.15, 0.2) is 24.3 Å². The molecule has 4 amide bonds. The Morgan fingerprint density at radius 2 is 1.86 bits per heavy atom. The van der Waals surface area contributed by atoms with Crippen molar-refractivity contribution < 1.29 is 14.4 Å². The Morgan fingerprint density at radius 1 is 1.14 bits per heavy atom. The number of aryl methyl sites for hydroxylation is 1. The van der Waals surface area contributed by atoms with Crippen molar-refractivity contribution in [1.82, 2.24) is 15.1 Å². The van der Waals surface area contributed by atoms with E-state index >= 15 is 0 Å². The number of primary amides is 1. The Bertz CT molecular complexity index is 764. The normalized spacial score (nSPS) is 23.8. The molecule has 152 valence electrons. The van der Waals surface area contributed by atoms with Crippen molar-refractivity contribution in [2.45, 2.75) is 33.2 Å². The number of nitrogens with two attached hydrogens (primary N) is 1. The van der Waals surface area contributed by atoms with E-state index in [1.165, 1.54) is 0 Å². The van der Waals surface area contributed by atoms with Crippen LogP contribution in [0.4, 0.5) is 4.79 Å². The number of likely N-dealkylation sites (tertiary alicyclic amines) is 2. The minimum atomic E-state index is -0.698. The van der Waals surface area contributed by atoms with Crippen molar-refractivity contribution in [2.24, 2.45) is 23.5 Å². The zero-order chi connectivity index (χ0) is 20.4. The van der Waals surface area contributed by atoms with Gasteiger partial charge >= 0.3 is 6.03 Å². The molecule has 2 fully saturated rings. The number of amides is 4. The molecule has 3 rings (SSSR count). The van der Waals surface area contributed by atoms with E-state index in [1.807, 2.05) is 17.0 Å². The van der Waals surface area contributed by atoms with Gasteiger partial charge in [-0.15, -0.1) is 0 Å². The number of nitrogens with one attached hydrogen (secondary N) is 1. The Morgan fingerprint density at radius 3 is 2.50 bits per heavy atom. The maximum atomic E-state index is 13.0. The number of carbonyl (C=O) groups excluding carboxylic acids is 3. The molecule has 0 radical (unpaired) electrons. The van der Waals surface area contributed by atoms with Crippen molar-refractivity contribution in [3.05, 3.63) is 35.4 Å². The molecule has 0 aliphatic carbocycles. The van der Waals surface area contributed by atoms with Gasteiger partial charge in [0.05, 0.1) is 12.6 Å². The summed E-state index contributed by atoms with van der Waals surface area (Å²) in [7, 11) is 0. The summed E-state index contributed by atoms with van der Waals surface area (Å²) in [6.07, 6.45) is 0.535. The summed E-state index contributed by atoms with van der Waals surface area (Å²) < 4.78 is 0. The van der Waals surface area contributed by atoms with Crippen LogP contribution in [0.25, 0.3) is 0 Å². The number of hydrogen-bond acceptors (Lipinski definition) is 3. The minimum Gasteiger partial charge on any atom is -0.352 e. The molecule has 0 bridgehead atoms. The van der Waals surface area contributed by atoms with Gasteiger partial charge in [-0.05, 0) is 24.0 Å². The molecule has 1 aromatic rings. The van der Waals surface area contributed by atoms with Gasteiger partial charge in [-0.1, -0.05) is 38.1 Å². The van der Waals surface area contributed by atoms with Gasteiger partial charge in [0, 0.05) is 37.9 Å². The molecule has 0 saturated carbocycles. The van der Waals surface area contributed by atoms with Crippen LogP contribution in [0.5, 0.6) is 0 Å². The second-order valence-electron chi connectivity index (χ2n) is 8.39. The summed E-state index contributed by atoms with van der Waals surface area (Å²) >= 11 is 0. The molecule has 2 aliphatic rings. The van der Waals surface area contributed by atoms with E-state index in [1.54, 1.807) is 4.90 Å². The number of benzene rings is 1. The molecule has 0 unspecified atom stereocenters. The molecule has 2 heterocycles. The number of hydrogen-bond donors (Lipinski definition) is 2. The Balaban J connectivity index is 1.82. The Kier molecular flexibility index (Phi) is 5.91. The minimum absolute atomic E-state index is 0.0145. The highest BCUT2D eigenvalue weighted by molar-refractivity contribution is 5.83. The van der Waals surface area contributed by atoms with Gasteiger partial charge in [0.25, 0.3) is 0 Å². The largest absolute Gasteiger partial charge is 0.352 e. The standard InChI is InChI=1S/C21H30N4O3/c1-13(2)8-18(26)25-11-15-10-24(19(27)9-23-21(22)28)12-17(15)20(25)16-7-5-4-6-14(16)3/h4-7,13,15,17,20H,8-12H2,1-3H3,(H3,22,23,28)/t15-,17-,20+/m0/s1. The quantitative estimate of drug-likeness (QED) is 0.806. The third-order valence-electron chi connectivity index (χ3n) is 5.84. The highest BCUT2D eigenvalue weighted by Crippen LogP contribution is 2.46. The van der Waals surface area contributed by atoms with E-state index in [9.17, 15) is 14.4 Å². The number of urea groups is 1. The van der Waals surface area contributed by atoms with Crippen LogP contribution in [-0.4, -0.2) is 53.8 Å². The molecule has 7 heteroatoms. The van der Waals surface area contributed by atoms with Crippen molar-refractivity contribution >= 4 is 17.8 Å². The smallest absolute Gasteiger partial charge is 0.312 e. The van der Waals surface area contributed by atoms with Crippen molar-refractivity contribution in [1.29, 1.82) is 0 Å². The van der Waals surface area contributed by atoms with Gasteiger partial charge in [0.2, 0.25) is 11.8 Å². The number of carbonyl (C=O) groups is 3. The van der Waals surface area contributed by atoms with Crippen LogP contribution in [0.1, 0.15) is 37.4 Å². The molecular weight excluding hydrogens is 356 g/mol. The first-order chi connectivity index (χ1) is 13.3. The summed E-state index contributed by atoms with van der Waals surface area (Å²) in [6.45, 7) is 7.98. The summed E-state index contributed by atoms with van der Waals surface area (Å²) in [5.41, 5.74) is 7.40. The molecule has 3 N–H and O–H groups in total. The van der Waals surface area contributed by atoms with Crippen LogP contribution >= 0.6 is 0 Å². The second-order valence-corrected chi connectivity index (χ2v) is 8.39. The van der Waals surface area contributed by atoms with Gasteiger partial charge in [-0.3, -0.25) is 9.59 Å². The van der Waals surface area contributed by atoms with Gasteiger partial charge in [-0.2, -0.15) is 0 Å². The number of fused-ring (bicyclic) bond motifs is 1. The lowest BCUT2D eigenvalue weighted by atomic mass is 9.87. The lowest BCUT2D eigenvalue weighted by Crippen LogP contribution is -2.43. The first-order valence-electron chi connectivity index (χ1n) is 9.94. The third-order valence-corrected chi connectivity index (χ3v) is 5.84. The topological polar surface area (TPSA) is 95.7 Å². The fourth-order valence-corrected chi connectivity index (χ4v) is 4.56. The summed E-state index contributed by atoms with van der Waals surface area (Å²) in [5, 5.41) is 2.37. The number of rotatable bonds is 5. The Labute approximate surface area is 166 Å². The summed E-state index contributed by atoms with van der Waals surface area (Å²) in [5.74, 6) is 0.819. The SMILES string of the molecule is Cc1ccccc1[C@@H]1[C@H]2CN(C(=O)CNC(N)=O)C[C@H]2CN1C(=O)CC(C)C. The van der Waals surface area contributed by atoms with Crippen LogP contribution < -0.4 is 11.1 Å². The van der Waals surface area contributed by atoms with E-state index in [-0.39, 0.29) is 36.2 Å². The van der Waals surface area contributed by atoms with Gasteiger partial charge in [0.1, 0.15) is 0 Å². The predicted molar refractivity (Wildman–Crippen MR) is 106 cm³/mol. The lowest BCUT2D eigenvalue weighted by molar-refractivity contribution is -0.134. The van der Waals surface area contributed by atoms with Crippen LogP contribution in [0.2, 0.25) is 0 Å². The van der Waals surface area contributed by atoms with Crippen LogP contribution in [0, 0.1) is 24.7 Å². The van der Waals surface area contributed by atoms with Gasteiger partial charge in [0.15, 0.2) is 0 Å². The lowest BCUT2D eigenvalue weighted by Gasteiger charge is -2.31. The second kappa shape index (κ2) is 8.20. The van der Waals surface area contributed by atoms with E-state index in [0.717, 1.165) is 11.1 Å². The molecule has 0 spiro atoms. The van der Waals surface area contributed by atoms with Gasteiger partial charge < -0.3 is 20.9 Å². The summed E-state index contributed by atoms with van der Waals surface area (Å²) in [6, 6.07) is 7.47. The Hall–Kier alpha value is -2.57. The summed E-state index contributed by atoms with van der Waals surface area (Å²) in [4.78, 5) is 40.1. The van der Waals surface area contributed by atoms with Crippen molar-refractivity contribution in [2.75, 3.05) is 26.2 Å².